The van der Waals surface area contributed by atoms with E-state index < -0.39 is 16.1 Å². The summed E-state index contributed by atoms with van der Waals surface area (Å²) in [6.45, 7) is 1.32. The average molecular weight is 402 g/mol. The summed E-state index contributed by atoms with van der Waals surface area (Å²) in [6, 6.07) is -0.796. The maximum absolute atomic E-state index is 12.7. The van der Waals surface area contributed by atoms with Crippen LogP contribution in [0.3, 0.4) is 0 Å². The third kappa shape index (κ3) is 2.83. The summed E-state index contributed by atoms with van der Waals surface area (Å²) in [4.78, 5) is 17.1. The molecule has 148 valence electrons. The van der Waals surface area contributed by atoms with Crippen molar-refractivity contribution >= 4 is 27.7 Å². The van der Waals surface area contributed by atoms with E-state index in [0.29, 0.717) is 24.7 Å². The number of urea groups is 1. The highest BCUT2D eigenvalue weighted by atomic mass is 32.2. The van der Waals surface area contributed by atoms with E-state index in [9.17, 15) is 13.2 Å². The van der Waals surface area contributed by atoms with Crippen molar-refractivity contribution in [3.63, 3.8) is 0 Å². The average Bonchev–Trinajstić information content (AvgIpc) is 3.39. The molecular formula is C18H22N6O3S. The van der Waals surface area contributed by atoms with E-state index in [4.69, 9.17) is 0 Å². The zero-order valence-electron chi connectivity index (χ0n) is 15.4. The van der Waals surface area contributed by atoms with Crippen molar-refractivity contribution in [1.82, 2.24) is 19.5 Å². The van der Waals surface area contributed by atoms with Crippen LogP contribution < -0.4 is 15.4 Å². The smallest absolute Gasteiger partial charge is 0.334 e. The van der Waals surface area contributed by atoms with Gasteiger partial charge in [-0.15, -0.1) is 0 Å². The molecule has 0 aromatic carbocycles. The first-order valence-corrected chi connectivity index (χ1v) is 11.2. The third-order valence-corrected chi connectivity index (χ3v) is 7.03. The number of amides is 2. The van der Waals surface area contributed by atoms with Gasteiger partial charge in [-0.05, 0) is 61.6 Å². The number of hydrogen-bond donors (Lipinski definition) is 3. The lowest BCUT2D eigenvalue weighted by Gasteiger charge is -2.17. The lowest BCUT2D eigenvalue weighted by atomic mass is 10.0. The molecule has 0 atom stereocenters. The van der Waals surface area contributed by atoms with E-state index in [-0.39, 0.29) is 4.90 Å². The predicted octanol–water partition coefficient (Wildman–Crippen LogP) is 1.58. The standard InChI is InChI=1S/C18H22N6O3S/c25-18(23-28(26,27)15-10-20-24-9-3-8-19-17(15)24)22-16-13-6-1-4-11(13)12-5-2-7-14(12)21-16/h10,19H,1-9H2,(H2,21,22,23,25). The van der Waals surface area contributed by atoms with Gasteiger partial charge in [-0.2, -0.15) is 5.10 Å². The second-order valence-corrected chi connectivity index (χ2v) is 9.12. The van der Waals surface area contributed by atoms with E-state index in [0.717, 1.165) is 56.2 Å². The Kier molecular flexibility index (Phi) is 4.04. The van der Waals surface area contributed by atoms with Crippen molar-refractivity contribution < 1.29 is 13.2 Å². The second-order valence-electron chi connectivity index (χ2n) is 7.47. The summed E-state index contributed by atoms with van der Waals surface area (Å²) in [5, 5.41) is 9.81. The Hall–Kier alpha value is -2.62. The molecule has 2 aromatic rings. The second kappa shape index (κ2) is 6.47. The maximum atomic E-state index is 12.7. The number of carbonyl (C=O) groups excluding carboxylic acids is 1. The molecule has 0 unspecified atom stereocenters. The highest BCUT2D eigenvalue weighted by Crippen LogP contribution is 2.36. The van der Waals surface area contributed by atoms with Crippen LogP contribution >= 0.6 is 0 Å². The summed E-state index contributed by atoms with van der Waals surface area (Å²) < 4.78 is 29.1. The number of anilines is 2. The molecule has 0 fully saturated rings. The number of pyridine rings is 1. The van der Waals surface area contributed by atoms with Crippen molar-refractivity contribution in [3.8, 4) is 0 Å². The molecule has 9 nitrogen and oxygen atoms in total. The van der Waals surface area contributed by atoms with Crippen LogP contribution in [-0.4, -0.2) is 35.8 Å². The first-order valence-electron chi connectivity index (χ1n) is 9.70. The maximum Gasteiger partial charge on any atom is 0.334 e. The molecule has 3 N–H and O–H groups in total. The molecule has 1 aliphatic heterocycles. The summed E-state index contributed by atoms with van der Waals surface area (Å²) in [6.07, 6.45) is 8.08. The molecule has 3 aliphatic rings. The zero-order valence-corrected chi connectivity index (χ0v) is 16.2. The molecular weight excluding hydrogens is 380 g/mol. The molecule has 2 aromatic heterocycles. The fourth-order valence-corrected chi connectivity index (χ4v) is 5.50. The third-order valence-electron chi connectivity index (χ3n) is 5.70. The molecule has 3 heterocycles. The van der Waals surface area contributed by atoms with Gasteiger partial charge < -0.3 is 5.32 Å². The number of aryl methyl sites for hydroxylation is 2. The molecule has 10 heteroatoms. The van der Waals surface area contributed by atoms with Gasteiger partial charge in [0, 0.05) is 18.8 Å². The number of rotatable bonds is 3. The Morgan fingerprint density at radius 3 is 2.75 bits per heavy atom. The van der Waals surface area contributed by atoms with Gasteiger partial charge in [-0.3, -0.25) is 5.32 Å². The van der Waals surface area contributed by atoms with Gasteiger partial charge in [0.05, 0.1) is 6.20 Å². The van der Waals surface area contributed by atoms with Gasteiger partial charge in [0.15, 0.2) is 0 Å². The van der Waals surface area contributed by atoms with Crippen LogP contribution in [0.25, 0.3) is 0 Å². The van der Waals surface area contributed by atoms with E-state index in [1.807, 2.05) is 0 Å². The fraction of sp³-hybridized carbons (Fsp3) is 0.500. The van der Waals surface area contributed by atoms with Crippen molar-refractivity contribution in [2.45, 2.75) is 56.4 Å². The van der Waals surface area contributed by atoms with Crippen LogP contribution in [0.5, 0.6) is 0 Å². The van der Waals surface area contributed by atoms with Crippen molar-refractivity contribution in [2.75, 3.05) is 17.2 Å². The van der Waals surface area contributed by atoms with Crippen LogP contribution in [0.15, 0.2) is 11.1 Å². The van der Waals surface area contributed by atoms with Crippen LogP contribution in [-0.2, 0) is 42.3 Å². The van der Waals surface area contributed by atoms with Crippen molar-refractivity contribution in [1.29, 1.82) is 0 Å². The van der Waals surface area contributed by atoms with Crippen LogP contribution in [0.4, 0.5) is 16.4 Å². The zero-order chi connectivity index (χ0) is 19.3. The van der Waals surface area contributed by atoms with Crippen LogP contribution in [0, 0.1) is 0 Å². The van der Waals surface area contributed by atoms with Gasteiger partial charge in [0.1, 0.15) is 16.5 Å². The van der Waals surface area contributed by atoms with E-state index in [1.54, 1.807) is 4.68 Å². The number of nitrogens with one attached hydrogen (secondary N) is 3. The number of sulfonamides is 1. The highest BCUT2D eigenvalue weighted by molar-refractivity contribution is 7.90. The molecule has 2 amide bonds. The quantitative estimate of drug-likeness (QED) is 0.717. The minimum absolute atomic E-state index is 0.0190. The molecule has 2 aliphatic carbocycles. The molecule has 0 radical (unpaired) electrons. The van der Waals surface area contributed by atoms with E-state index >= 15 is 0 Å². The SMILES string of the molecule is O=C(Nc1nc2c(c3c1CCC3)CCC2)NS(=O)(=O)c1cnn2c1NCCC2. The summed E-state index contributed by atoms with van der Waals surface area (Å²) in [5.41, 5.74) is 4.73. The summed E-state index contributed by atoms with van der Waals surface area (Å²) in [5.74, 6) is 0.916. The molecule has 5 rings (SSSR count). The molecule has 28 heavy (non-hydrogen) atoms. The highest BCUT2D eigenvalue weighted by Gasteiger charge is 2.29. The Morgan fingerprint density at radius 1 is 1.07 bits per heavy atom. The van der Waals surface area contributed by atoms with E-state index in [1.165, 1.54) is 17.3 Å². The van der Waals surface area contributed by atoms with Gasteiger partial charge in [-0.25, -0.2) is 27.6 Å². The van der Waals surface area contributed by atoms with E-state index in [2.05, 4.69) is 25.4 Å². The topological polar surface area (TPSA) is 118 Å². The van der Waals surface area contributed by atoms with Crippen molar-refractivity contribution in [3.05, 3.63) is 28.6 Å². The van der Waals surface area contributed by atoms with Crippen LogP contribution in [0.1, 0.15) is 41.6 Å². The Balaban J connectivity index is 1.39. The summed E-state index contributed by atoms with van der Waals surface area (Å²) >= 11 is 0. The number of hydrogen-bond acceptors (Lipinski definition) is 6. The molecule has 0 saturated heterocycles. The first-order chi connectivity index (χ1) is 13.5. The minimum atomic E-state index is -4.04. The Labute approximate surface area is 163 Å². The summed E-state index contributed by atoms with van der Waals surface area (Å²) in [7, 11) is -4.04. The number of aromatic nitrogens is 3. The predicted molar refractivity (Wildman–Crippen MR) is 103 cm³/mol. The molecule has 0 bridgehead atoms. The lowest BCUT2D eigenvalue weighted by Crippen LogP contribution is -2.35. The lowest BCUT2D eigenvalue weighted by molar-refractivity contribution is 0.256. The Bertz CT molecular complexity index is 1080. The van der Waals surface area contributed by atoms with Gasteiger partial charge in [0.2, 0.25) is 0 Å². The minimum Gasteiger partial charge on any atom is -0.369 e. The van der Waals surface area contributed by atoms with Gasteiger partial charge in [-0.1, -0.05) is 0 Å². The van der Waals surface area contributed by atoms with Gasteiger partial charge in [0.25, 0.3) is 10.0 Å². The first kappa shape index (κ1) is 17.5. The van der Waals surface area contributed by atoms with Crippen LogP contribution in [0.2, 0.25) is 0 Å². The molecule has 0 saturated carbocycles. The monoisotopic (exact) mass is 402 g/mol. The Morgan fingerprint density at radius 2 is 1.86 bits per heavy atom. The van der Waals surface area contributed by atoms with Crippen molar-refractivity contribution in [2.24, 2.45) is 0 Å². The number of nitrogens with zero attached hydrogens (tertiary/aromatic N) is 3. The number of fused-ring (bicyclic) bond motifs is 4. The largest absolute Gasteiger partial charge is 0.369 e. The number of carbonyl (C=O) groups is 1. The normalized spacial score (nSPS) is 17.4. The fourth-order valence-electron chi connectivity index (χ4n) is 4.48. The molecule has 0 spiro atoms. The van der Waals surface area contributed by atoms with Gasteiger partial charge >= 0.3 is 6.03 Å².